The monoisotopic (exact) mass is 367 g/mol. The third kappa shape index (κ3) is 4.47. The second-order valence-corrected chi connectivity index (χ2v) is 7.85. The van der Waals surface area contributed by atoms with Gasteiger partial charge in [-0.2, -0.15) is 0 Å². The van der Waals surface area contributed by atoms with E-state index in [1.807, 2.05) is 55.6 Å². The fourth-order valence-corrected chi connectivity index (χ4v) is 3.85. The molecule has 0 unspecified atom stereocenters. The minimum Gasteiger partial charge on any atom is -0.341 e. The van der Waals surface area contributed by atoms with Gasteiger partial charge in [0.2, 0.25) is 5.91 Å². The van der Waals surface area contributed by atoms with Crippen LogP contribution in [0.2, 0.25) is 0 Å². The van der Waals surface area contributed by atoms with E-state index in [1.165, 1.54) is 11.8 Å². The van der Waals surface area contributed by atoms with E-state index >= 15 is 0 Å². The number of hydrogen-bond acceptors (Lipinski definition) is 3. The van der Waals surface area contributed by atoms with E-state index in [-0.39, 0.29) is 5.91 Å². The van der Waals surface area contributed by atoms with Crippen molar-refractivity contribution in [3.63, 3.8) is 0 Å². The summed E-state index contributed by atoms with van der Waals surface area (Å²) >= 11 is 1.52. The Bertz CT molecular complexity index is 873. The molecule has 0 N–H and O–H groups in total. The van der Waals surface area contributed by atoms with Crippen LogP contribution in [0.5, 0.6) is 0 Å². The molecular weight excluding hydrogens is 342 g/mol. The van der Waals surface area contributed by atoms with Gasteiger partial charge in [0.1, 0.15) is 0 Å². The zero-order valence-electron chi connectivity index (χ0n) is 15.6. The van der Waals surface area contributed by atoms with Crippen LogP contribution in [0.15, 0.2) is 59.8 Å². The largest absolute Gasteiger partial charge is 0.341 e. The first kappa shape index (κ1) is 18.5. The molecule has 0 aliphatic heterocycles. The Kier molecular flexibility index (Phi) is 5.99. The van der Waals surface area contributed by atoms with Crippen LogP contribution in [0.3, 0.4) is 0 Å². The Morgan fingerprint density at radius 1 is 1.12 bits per heavy atom. The SMILES string of the molecule is CC(C)Cn1c(SCC(=O)N(C)Cc2ccccc2)nc2ccccc21. The molecule has 0 radical (unpaired) electrons. The molecule has 0 aliphatic rings. The van der Waals surface area contributed by atoms with Crippen molar-refractivity contribution in [1.29, 1.82) is 0 Å². The molecule has 0 spiro atoms. The van der Waals surface area contributed by atoms with Crippen LogP contribution in [0.25, 0.3) is 11.0 Å². The van der Waals surface area contributed by atoms with Crippen LogP contribution >= 0.6 is 11.8 Å². The van der Waals surface area contributed by atoms with Crippen LogP contribution in [0.1, 0.15) is 19.4 Å². The maximum atomic E-state index is 12.5. The van der Waals surface area contributed by atoms with E-state index in [0.29, 0.717) is 18.2 Å². The van der Waals surface area contributed by atoms with Crippen LogP contribution in [0, 0.1) is 5.92 Å². The number of aromatic nitrogens is 2. The maximum Gasteiger partial charge on any atom is 0.233 e. The number of carbonyl (C=O) groups excluding carboxylic acids is 1. The summed E-state index contributed by atoms with van der Waals surface area (Å²) in [6.07, 6.45) is 0. The van der Waals surface area contributed by atoms with E-state index < -0.39 is 0 Å². The van der Waals surface area contributed by atoms with E-state index in [2.05, 4.69) is 24.5 Å². The molecule has 2 aromatic carbocycles. The Labute approximate surface area is 159 Å². The van der Waals surface area contributed by atoms with Crippen molar-refractivity contribution in [1.82, 2.24) is 14.5 Å². The molecular formula is C21H25N3OS. The van der Waals surface area contributed by atoms with E-state index in [4.69, 9.17) is 4.98 Å². The molecule has 5 heteroatoms. The molecule has 0 aliphatic carbocycles. The van der Waals surface area contributed by atoms with Crippen molar-refractivity contribution in [2.24, 2.45) is 5.92 Å². The van der Waals surface area contributed by atoms with Gasteiger partial charge < -0.3 is 9.47 Å². The molecule has 1 heterocycles. The Morgan fingerprint density at radius 3 is 2.54 bits per heavy atom. The number of imidazole rings is 1. The molecule has 3 aromatic rings. The second-order valence-electron chi connectivity index (χ2n) is 6.91. The quantitative estimate of drug-likeness (QED) is 0.579. The van der Waals surface area contributed by atoms with Gasteiger partial charge >= 0.3 is 0 Å². The van der Waals surface area contributed by atoms with Crippen molar-refractivity contribution in [3.05, 3.63) is 60.2 Å². The summed E-state index contributed by atoms with van der Waals surface area (Å²) in [6.45, 7) is 5.92. The minimum atomic E-state index is 0.113. The minimum absolute atomic E-state index is 0.113. The van der Waals surface area contributed by atoms with Gasteiger partial charge in [0.05, 0.1) is 16.8 Å². The molecule has 3 rings (SSSR count). The molecule has 0 atom stereocenters. The molecule has 0 saturated heterocycles. The maximum absolute atomic E-state index is 12.5. The summed E-state index contributed by atoms with van der Waals surface area (Å²) in [5, 5.41) is 0.918. The van der Waals surface area contributed by atoms with Crippen molar-refractivity contribution in [2.75, 3.05) is 12.8 Å². The third-order valence-electron chi connectivity index (χ3n) is 4.18. The van der Waals surface area contributed by atoms with Crippen molar-refractivity contribution in [3.8, 4) is 0 Å². The van der Waals surface area contributed by atoms with Crippen LogP contribution in [-0.2, 0) is 17.9 Å². The van der Waals surface area contributed by atoms with E-state index in [9.17, 15) is 4.79 Å². The topological polar surface area (TPSA) is 38.1 Å². The molecule has 0 bridgehead atoms. The lowest BCUT2D eigenvalue weighted by molar-refractivity contribution is -0.127. The first-order valence-corrected chi connectivity index (χ1v) is 9.89. The summed E-state index contributed by atoms with van der Waals surface area (Å²) in [5.41, 5.74) is 3.26. The molecule has 136 valence electrons. The number of hydrogen-bond donors (Lipinski definition) is 0. The highest BCUT2D eigenvalue weighted by molar-refractivity contribution is 7.99. The molecule has 26 heavy (non-hydrogen) atoms. The van der Waals surface area contributed by atoms with Gasteiger partial charge in [-0.15, -0.1) is 0 Å². The Morgan fingerprint density at radius 2 is 1.81 bits per heavy atom. The number of thioether (sulfide) groups is 1. The summed E-state index contributed by atoms with van der Waals surface area (Å²) in [5.74, 6) is 1.02. The van der Waals surface area contributed by atoms with Gasteiger partial charge in [-0.1, -0.05) is 68.1 Å². The number of nitrogens with zero attached hydrogens (tertiary/aromatic N) is 3. The molecule has 4 nitrogen and oxygen atoms in total. The summed E-state index contributed by atoms with van der Waals surface area (Å²) < 4.78 is 2.23. The molecule has 0 fully saturated rings. The summed E-state index contributed by atoms with van der Waals surface area (Å²) in [6, 6.07) is 18.2. The van der Waals surface area contributed by atoms with Gasteiger partial charge in [-0.05, 0) is 23.6 Å². The Balaban J connectivity index is 1.69. The average Bonchev–Trinajstić information content (AvgIpc) is 2.97. The fraction of sp³-hybridized carbons (Fsp3) is 0.333. The smallest absolute Gasteiger partial charge is 0.233 e. The van der Waals surface area contributed by atoms with Crippen LogP contribution in [-0.4, -0.2) is 33.2 Å². The highest BCUT2D eigenvalue weighted by atomic mass is 32.2. The second kappa shape index (κ2) is 8.41. The Hall–Kier alpha value is -2.27. The lowest BCUT2D eigenvalue weighted by Gasteiger charge is -2.17. The van der Waals surface area contributed by atoms with E-state index in [1.54, 1.807) is 4.90 Å². The highest BCUT2D eigenvalue weighted by Gasteiger charge is 2.15. The molecule has 0 saturated carbocycles. The number of benzene rings is 2. The standard InChI is InChI=1S/C21H25N3OS/c1-16(2)13-24-19-12-8-7-11-18(19)22-21(24)26-15-20(25)23(3)14-17-9-5-4-6-10-17/h4-12,16H,13-15H2,1-3H3. The van der Waals surface area contributed by atoms with Crippen molar-refractivity contribution >= 4 is 28.7 Å². The fourth-order valence-electron chi connectivity index (χ4n) is 2.89. The van der Waals surface area contributed by atoms with Crippen molar-refractivity contribution in [2.45, 2.75) is 32.1 Å². The van der Waals surface area contributed by atoms with Gasteiger partial charge in [0.25, 0.3) is 0 Å². The lowest BCUT2D eigenvalue weighted by Crippen LogP contribution is -2.27. The number of carbonyl (C=O) groups is 1. The molecule has 1 aromatic heterocycles. The number of para-hydroxylation sites is 2. The van der Waals surface area contributed by atoms with Crippen molar-refractivity contribution < 1.29 is 4.79 Å². The molecule has 1 amide bonds. The lowest BCUT2D eigenvalue weighted by atomic mass is 10.2. The van der Waals surface area contributed by atoms with Gasteiger partial charge in [-0.3, -0.25) is 4.79 Å². The van der Waals surface area contributed by atoms with Gasteiger partial charge in [0, 0.05) is 20.1 Å². The van der Waals surface area contributed by atoms with Crippen LogP contribution in [0.4, 0.5) is 0 Å². The number of fused-ring (bicyclic) bond motifs is 1. The first-order valence-electron chi connectivity index (χ1n) is 8.90. The normalized spacial score (nSPS) is 11.2. The van der Waals surface area contributed by atoms with Crippen LogP contribution < -0.4 is 0 Å². The van der Waals surface area contributed by atoms with Gasteiger partial charge in [0.15, 0.2) is 5.16 Å². The van der Waals surface area contributed by atoms with Gasteiger partial charge in [-0.25, -0.2) is 4.98 Å². The predicted octanol–water partition coefficient (Wildman–Crippen LogP) is 4.44. The average molecular weight is 368 g/mol. The third-order valence-corrected chi connectivity index (χ3v) is 5.14. The summed E-state index contributed by atoms with van der Waals surface area (Å²) in [7, 11) is 1.85. The van der Waals surface area contributed by atoms with E-state index in [0.717, 1.165) is 28.3 Å². The zero-order chi connectivity index (χ0) is 18.5. The number of rotatable bonds is 7. The first-order chi connectivity index (χ1) is 12.5. The zero-order valence-corrected chi connectivity index (χ0v) is 16.4. The highest BCUT2D eigenvalue weighted by Crippen LogP contribution is 2.25. The summed E-state index contributed by atoms with van der Waals surface area (Å²) in [4.78, 5) is 19.0. The predicted molar refractivity (Wildman–Crippen MR) is 108 cm³/mol. The number of amides is 1.